The van der Waals surface area contributed by atoms with Crippen LogP contribution in [0.1, 0.15) is 98.3 Å². The third-order valence-corrected chi connectivity index (χ3v) is 8.36. The van der Waals surface area contributed by atoms with Crippen molar-refractivity contribution in [1.29, 1.82) is 0 Å². The Morgan fingerprint density at radius 1 is 1.21 bits per heavy atom. The molecule has 164 valence electrons. The third-order valence-electron chi connectivity index (χ3n) is 8.36. The van der Waals surface area contributed by atoms with Gasteiger partial charge in [0.1, 0.15) is 0 Å². The van der Waals surface area contributed by atoms with Crippen molar-refractivity contribution in [2.24, 2.45) is 23.2 Å². The predicted octanol–water partition coefficient (Wildman–Crippen LogP) is 6.73. The second-order valence-electron chi connectivity index (χ2n) is 11.2. The van der Waals surface area contributed by atoms with E-state index in [9.17, 15) is 10.2 Å². The van der Waals surface area contributed by atoms with E-state index in [0.29, 0.717) is 5.41 Å². The van der Waals surface area contributed by atoms with E-state index < -0.39 is 5.60 Å². The number of allylic oxidation sites excluding steroid dienone is 4. The molecule has 3 aliphatic carbocycles. The molecule has 0 aromatic heterocycles. The molecule has 3 fully saturated rings. The van der Waals surface area contributed by atoms with Crippen molar-refractivity contribution in [2.45, 2.75) is 110 Å². The number of hydrogen-bond acceptors (Lipinski definition) is 2. The molecule has 0 saturated heterocycles. The first-order valence-electron chi connectivity index (χ1n) is 12.1. The Bertz CT molecular complexity index is 650. The Hall–Kier alpha value is -0.860. The highest BCUT2D eigenvalue weighted by molar-refractivity contribution is 5.36. The fraction of sp³-hybridized carbons (Fsp3) is 0.778. The lowest BCUT2D eigenvalue weighted by Crippen LogP contribution is -2.36. The highest BCUT2D eigenvalue weighted by Gasteiger charge is 2.50. The monoisotopic (exact) mass is 400 g/mol. The van der Waals surface area contributed by atoms with Gasteiger partial charge >= 0.3 is 0 Å². The van der Waals surface area contributed by atoms with Crippen LogP contribution in [0, 0.1) is 23.2 Å². The van der Waals surface area contributed by atoms with Gasteiger partial charge in [-0.3, -0.25) is 0 Å². The molecule has 2 heteroatoms. The summed E-state index contributed by atoms with van der Waals surface area (Å²) in [5.74, 6) is 2.26. The highest BCUT2D eigenvalue weighted by Crippen LogP contribution is 2.60. The first kappa shape index (κ1) is 22.8. The Balaban J connectivity index is 1.68. The standard InChI is InChI=1S/C27H44O2/c1-19-10-13-23(28)18-22(19)12-11-21-9-7-17-27(5)24(14-15-25(21)27)20(2)8-6-16-26(3,4)29/h11-12,20,23-25,28-29H,1,6-10,13-18H2,2-5H3/b21-11+,22-12-/t20-,23-,24-,25+,27-/m0/s1. The van der Waals surface area contributed by atoms with Gasteiger partial charge < -0.3 is 10.2 Å². The molecule has 2 nitrogen and oxygen atoms in total. The normalized spacial score (nSPS) is 37.2. The van der Waals surface area contributed by atoms with E-state index in [-0.39, 0.29) is 6.10 Å². The van der Waals surface area contributed by atoms with Crippen LogP contribution in [0.2, 0.25) is 0 Å². The largest absolute Gasteiger partial charge is 0.393 e. The summed E-state index contributed by atoms with van der Waals surface area (Å²) in [6, 6.07) is 0. The molecular formula is C27H44O2. The fourth-order valence-corrected chi connectivity index (χ4v) is 6.67. The molecule has 3 aliphatic rings. The Morgan fingerprint density at radius 3 is 2.69 bits per heavy atom. The molecule has 3 saturated carbocycles. The van der Waals surface area contributed by atoms with Gasteiger partial charge in [0.15, 0.2) is 0 Å². The lowest BCUT2D eigenvalue weighted by atomic mass is 9.60. The van der Waals surface area contributed by atoms with Crippen molar-refractivity contribution in [3.63, 3.8) is 0 Å². The van der Waals surface area contributed by atoms with Crippen LogP contribution in [0.15, 0.2) is 35.5 Å². The molecule has 0 spiro atoms. The van der Waals surface area contributed by atoms with Crippen molar-refractivity contribution in [2.75, 3.05) is 0 Å². The first-order valence-corrected chi connectivity index (χ1v) is 12.1. The molecule has 0 radical (unpaired) electrons. The highest BCUT2D eigenvalue weighted by atomic mass is 16.3. The number of fused-ring (bicyclic) bond motifs is 1. The second-order valence-corrected chi connectivity index (χ2v) is 11.2. The van der Waals surface area contributed by atoms with E-state index in [4.69, 9.17) is 0 Å². The smallest absolute Gasteiger partial charge is 0.0591 e. The molecule has 0 unspecified atom stereocenters. The van der Waals surface area contributed by atoms with Crippen LogP contribution in [0.4, 0.5) is 0 Å². The van der Waals surface area contributed by atoms with E-state index in [1.165, 1.54) is 49.7 Å². The summed E-state index contributed by atoms with van der Waals surface area (Å²) in [4.78, 5) is 0. The molecule has 5 atom stereocenters. The lowest BCUT2D eigenvalue weighted by molar-refractivity contribution is 0.0596. The summed E-state index contributed by atoms with van der Waals surface area (Å²) in [5.41, 5.74) is 4.02. The van der Waals surface area contributed by atoms with Crippen LogP contribution in [0.3, 0.4) is 0 Å². The molecule has 0 heterocycles. The summed E-state index contributed by atoms with van der Waals surface area (Å²) < 4.78 is 0. The van der Waals surface area contributed by atoms with Crippen LogP contribution in [-0.4, -0.2) is 21.9 Å². The average molecular weight is 401 g/mol. The lowest BCUT2D eigenvalue weighted by Gasteiger charge is -2.44. The molecule has 0 aromatic rings. The van der Waals surface area contributed by atoms with E-state index in [1.807, 2.05) is 13.8 Å². The number of rotatable bonds is 6. The first-order chi connectivity index (χ1) is 13.6. The van der Waals surface area contributed by atoms with Crippen molar-refractivity contribution in [3.05, 3.63) is 35.5 Å². The number of aliphatic hydroxyl groups is 2. The second kappa shape index (κ2) is 9.10. The van der Waals surface area contributed by atoms with E-state index in [1.54, 1.807) is 5.57 Å². The Morgan fingerprint density at radius 2 is 1.97 bits per heavy atom. The van der Waals surface area contributed by atoms with Crippen molar-refractivity contribution in [3.8, 4) is 0 Å². The minimum atomic E-state index is -0.535. The molecule has 29 heavy (non-hydrogen) atoms. The van der Waals surface area contributed by atoms with Gasteiger partial charge in [-0.25, -0.2) is 0 Å². The Labute approximate surface area is 179 Å². The minimum Gasteiger partial charge on any atom is -0.393 e. The Kier molecular flexibility index (Phi) is 7.16. The zero-order valence-electron chi connectivity index (χ0n) is 19.3. The van der Waals surface area contributed by atoms with Gasteiger partial charge in [0.05, 0.1) is 11.7 Å². The van der Waals surface area contributed by atoms with E-state index in [2.05, 4.69) is 32.6 Å². The molecule has 0 aliphatic heterocycles. The fourth-order valence-electron chi connectivity index (χ4n) is 6.67. The van der Waals surface area contributed by atoms with Gasteiger partial charge in [-0.05, 0) is 100 Å². The maximum atomic E-state index is 10.0. The van der Waals surface area contributed by atoms with Gasteiger partial charge in [0, 0.05) is 0 Å². The maximum absolute atomic E-state index is 10.0. The van der Waals surface area contributed by atoms with Gasteiger partial charge in [-0.2, -0.15) is 0 Å². The van der Waals surface area contributed by atoms with E-state index >= 15 is 0 Å². The van der Waals surface area contributed by atoms with Crippen LogP contribution in [0.25, 0.3) is 0 Å². The molecule has 0 bridgehead atoms. The molecule has 3 rings (SSSR count). The van der Waals surface area contributed by atoms with Crippen LogP contribution in [0.5, 0.6) is 0 Å². The zero-order valence-corrected chi connectivity index (χ0v) is 19.3. The quantitative estimate of drug-likeness (QED) is 0.518. The van der Waals surface area contributed by atoms with Crippen molar-refractivity contribution < 1.29 is 10.2 Å². The predicted molar refractivity (Wildman–Crippen MR) is 123 cm³/mol. The number of hydrogen-bond donors (Lipinski definition) is 2. The van der Waals surface area contributed by atoms with Gasteiger partial charge in [-0.15, -0.1) is 0 Å². The van der Waals surface area contributed by atoms with E-state index in [0.717, 1.165) is 49.9 Å². The molecule has 2 N–H and O–H groups in total. The average Bonchev–Trinajstić information content (AvgIpc) is 2.99. The van der Waals surface area contributed by atoms with Crippen LogP contribution < -0.4 is 0 Å². The molecule has 0 aromatic carbocycles. The van der Waals surface area contributed by atoms with Crippen LogP contribution in [-0.2, 0) is 0 Å². The van der Waals surface area contributed by atoms with Crippen LogP contribution >= 0.6 is 0 Å². The number of aliphatic hydroxyl groups excluding tert-OH is 1. The molecule has 0 amide bonds. The van der Waals surface area contributed by atoms with Gasteiger partial charge in [0.25, 0.3) is 0 Å². The zero-order chi connectivity index (χ0) is 21.2. The van der Waals surface area contributed by atoms with Crippen molar-refractivity contribution in [1.82, 2.24) is 0 Å². The minimum absolute atomic E-state index is 0.192. The maximum Gasteiger partial charge on any atom is 0.0591 e. The summed E-state index contributed by atoms with van der Waals surface area (Å²) in [7, 11) is 0. The SMILES string of the molecule is C=C1CC[C@H](O)C/C1=C/C=C1\CCC[C@]2(C)[C@@H]1CC[C@H]2[C@@H](C)CCCC(C)(C)O. The van der Waals surface area contributed by atoms with Crippen molar-refractivity contribution >= 4 is 0 Å². The summed E-state index contributed by atoms with van der Waals surface area (Å²) >= 11 is 0. The summed E-state index contributed by atoms with van der Waals surface area (Å²) in [6.07, 6.45) is 16.9. The molecular weight excluding hydrogens is 356 g/mol. The summed E-state index contributed by atoms with van der Waals surface area (Å²) in [5, 5.41) is 20.1. The topological polar surface area (TPSA) is 40.5 Å². The van der Waals surface area contributed by atoms with Gasteiger partial charge in [-0.1, -0.05) is 56.6 Å². The van der Waals surface area contributed by atoms with Gasteiger partial charge in [0.2, 0.25) is 0 Å². The third kappa shape index (κ3) is 5.44. The summed E-state index contributed by atoms with van der Waals surface area (Å²) in [6.45, 7) is 13.1.